The number of aromatic amines is 1. The Morgan fingerprint density at radius 3 is 2.83 bits per heavy atom. The summed E-state index contributed by atoms with van der Waals surface area (Å²) >= 11 is 0. The van der Waals surface area contributed by atoms with E-state index in [4.69, 9.17) is 9.52 Å². The number of H-pyrrole nitrogens is 1. The zero-order valence-corrected chi connectivity index (χ0v) is 9.04. The number of fused-ring (bicyclic) bond motifs is 1. The molecule has 0 aliphatic rings. The average Bonchev–Trinajstić information content (AvgIpc) is 2.93. The molecule has 6 nitrogen and oxygen atoms in total. The van der Waals surface area contributed by atoms with Crippen LogP contribution in [0.5, 0.6) is 5.75 Å². The van der Waals surface area contributed by atoms with E-state index in [1.807, 2.05) is 0 Å². The van der Waals surface area contributed by atoms with Gasteiger partial charge in [0.15, 0.2) is 11.5 Å². The predicted molar refractivity (Wildman–Crippen MR) is 62.4 cm³/mol. The summed E-state index contributed by atoms with van der Waals surface area (Å²) in [5.41, 5.74) is 0.924. The summed E-state index contributed by atoms with van der Waals surface area (Å²) in [6, 6.07) is 7.89. The Labute approximate surface area is 100 Å². The van der Waals surface area contributed by atoms with Crippen molar-refractivity contribution in [1.29, 1.82) is 0 Å². The number of hydrogen-bond acceptors (Lipinski definition) is 4. The van der Waals surface area contributed by atoms with Crippen LogP contribution in [0.4, 0.5) is 0 Å². The van der Waals surface area contributed by atoms with Gasteiger partial charge in [-0.05, 0) is 18.2 Å². The lowest BCUT2D eigenvalue weighted by atomic mass is 10.2. The molecule has 0 radical (unpaired) electrons. The van der Waals surface area contributed by atoms with Crippen molar-refractivity contribution in [2.24, 2.45) is 0 Å². The number of carbonyl (C=O) groups is 1. The zero-order chi connectivity index (χ0) is 12.7. The maximum atomic E-state index is 10.7. The van der Waals surface area contributed by atoms with E-state index < -0.39 is 5.97 Å². The first-order valence-electron chi connectivity index (χ1n) is 5.15. The van der Waals surface area contributed by atoms with Crippen LogP contribution in [0.15, 0.2) is 34.7 Å². The quantitative estimate of drug-likeness (QED) is 0.641. The number of furan rings is 1. The van der Waals surface area contributed by atoms with Crippen LogP contribution in [0.3, 0.4) is 0 Å². The number of hydrogen-bond donors (Lipinski definition) is 3. The molecule has 0 spiro atoms. The Morgan fingerprint density at radius 1 is 1.28 bits per heavy atom. The lowest BCUT2D eigenvalue weighted by molar-refractivity contribution is 0.0690. The maximum absolute atomic E-state index is 10.7. The van der Waals surface area contributed by atoms with Gasteiger partial charge in [0, 0.05) is 17.5 Å². The van der Waals surface area contributed by atoms with E-state index in [-0.39, 0.29) is 11.4 Å². The van der Waals surface area contributed by atoms with Crippen molar-refractivity contribution in [1.82, 2.24) is 10.2 Å². The Kier molecular flexibility index (Phi) is 2.09. The monoisotopic (exact) mass is 244 g/mol. The maximum Gasteiger partial charge on any atom is 0.356 e. The molecule has 0 saturated heterocycles. The Hall–Kier alpha value is -2.76. The van der Waals surface area contributed by atoms with Gasteiger partial charge in [0.1, 0.15) is 17.0 Å². The number of benzene rings is 1. The van der Waals surface area contributed by atoms with Crippen molar-refractivity contribution in [3.63, 3.8) is 0 Å². The summed E-state index contributed by atoms with van der Waals surface area (Å²) in [4.78, 5) is 10.7. The summed E-state index contributed by atoms with van der Waals surface area (Å²) < 4.78 is 5.50. The molecule has 0 unspecified atom stereocenters. The van der Waals surface area contributed by atoms with E-state index in [0.717, 1.165) is 5.39 Å². The molecule has 3 aromatic rings. The fourth-order valence-corrected chi connectivity index (χ4v) is 1.71. The number of carboxylic acids is 1. The van der Waals surface area contributed by atoms with Crippen molar-refractivity contribution in [3.8, 4) is 17.2 Å². The van der Waals surface area contributed by atoms with Crippen LogP contribution in [0.2, 0.25) is 0 Å². The predicted octanol–water partition coefficient (Wildman–Crippen LogP) is 2.23. The zero-order valence-electron chi connectivity index (χ0n) is 9.04. The molecule has 3 rings (SSSR count). The van der Waals surface area contributed by atoms with Crippen molar-refractivity contribution in [2.75, 3.05) is 0 Å². The molecule has 0 atom stereocenters. The lowest BCUT2D eigenvalue weighted by Gasteiger charge is -1.89. The van der Waals surface area contributed by atoms with E-state index in [0.29, 0.717) is 17.0 Å². The van der Waals surface area contributed by atoms with Gasteiger partial charge in [-0.1, -0.05) is 0 Å². The molecule has 2 heterocycles. The second-order valence-corrected chi connectivity index (χ2v) is 3.80. The molecular formula is C12H8N2O4. The second-order valence-electron chi connectivity index (χ2n) is 3.80. The second kappa shape index (κ2) is 3.63. The minimum absolute atomic E-state index is 0.0756. The average molecular weight is 244 g/mol. The van der Waals surface area contributed by atoms with Crippen LogP contribution < -0.4 is 0 Å². The van der Waals surface area contributed by atoms with E-state index in [2.05, 4.69) is 10.2 Å². The SMILES string of the molecule is O=C(O)c1cc(-c2cc3ccc(O)cc3o2)[nH]n1. The highest BCUT2D eigenvalue weighted by Gasteiger charge is 2.13. The summed E-state index contributed by atoms with van der Waals surface area (Å²) in [7, 11) is 0. The Bertz CT molecular complexity index is 741. The third kappa shape index (κ3) is 1.60. The molecule has 18 heavy (non-hydrogen) atoms. The third-order valence-corrected chi connectivity index (χ3v) is 2.57. The number of rotatable bonds is 2. The molecule has 3 N–H and O–H groups in total. The van der Waals surface area contributed by atoms with Gasteiger partial charge in [-0.2, -0.15) is 5.10 Å². The molecule has 0 saturated carbocycles. The molecule has 1 aromatic carbocycles. The number of phenols is 1. The molecule has 0 aliphatic carbocycles. The van der Waals surface area contributed by atoms with Crippen molar-refractivity contribution in [2.45, 2.75) is 0 Å². The van der Waals surface area contributed by atoms with Gasteiger partial charge in [0.2, 0.25) is 0 Å². The summed E-state index contributed by atoms with van der Waals surface area (Å²) in [5, 5.41) is 25.2. The Balaban J connectivity index is 2.10. The minimum atomic E-state index is -1.11. The number of carboxylic acid groups (broad SMARTS) is 1. The number of nitrogens with zero attached hydrogens (tertiary/aromatic N) is 1. The highest BCUT2D eigenvalue weighted by Crippen LogP contribution is 2.29. The largest absolute Gasteiger partial charge is 0.508 e. The number of aromatic nitrogens is 2. The normalized spacial score (nSPS) is 10.9. The van der Waals surface area contributed by atoms with E-state index in [9.17, 15) is 9.90 Å². The minimum Gasteiger partial charge on any atom is -0.508 e. The molecule has 6 heteroatoms. The van der Waals surface area contributed by atoms with Crippen molar-refractivity contribution in [3.05, 3.63) is 36.0 Å². The lowest BCUT2D eigenvalue weighted by Crippen LogP contribution is -1.95. The molecule has 0 amide bonds. The number of phenolic OH excluding ortho intramolecular Hbond substituents is 1. The number of aromatic carboxylic acids is 1. The highest BCUT2D eigenvalue weighted by atomic mass is 16.4. The molecule has 0 bridgehead atoms. The van der Waals surface area contributed by atoms with Gasteiger partial charge >= 0.3 is 5.97 Å². The molecular weight excluding hydrogens is 236 g/mol. The third-order valence-electron chi connectivity index (χ3n) is 2.57. The van der Waals surface area contributed by atoms with Gasteiger partial charge in [-0.25, -0.2) is 4.79 Å². The van der Waals surface area contributed by atoms with E-state index in [1.54, 1.807) is 18.2 Å². The Morgan fingerprint density at radius 2 is 2.11 bits per heavy atom. The van der Waals surface area contributed by atoms with Crippen LogP contribution in [0, 0.1) is 0 Å². The molecule has 0 fully saturated rings. The standard InChI is InChI=1S/C12H8N2O4/c15-7-2-1-6-3-11(18-10(6)4-7)8-5-9(12(16)17)14-13-8/h1-5,15H,(H,13,14)(H,16,17). The summed E-state index contributed by atoms with van der Waals surface area (Å²) in [6.07, 6.45) is 0. The fraction of sp³-hybridized carbons (Fsp3) is 0. The first kappa shape index (κ1) is 10.4. The number of aromatic hydroxyl groups is 1. The van der Waals surface area contributed by atoms with Gasteiger partial charge in [-0.3, -0.25) is 5.10 Å². The summed E-state index contributed by atoms with van der Waals surface area (Å²) in [5.74, 6) is -0.527. The first-order chi connectivity index (χ1) is 8.63. The topological polar surface area (TPSA) is 99.4 Å². The van der Waals surface area contributed by atoms with Crippen LogP contribution in [0.25, 0.3) is 22.4 Å². The van der Waals surface area contributed by atoms with Gasteiger partial charge in [0.25, 0.3) is 0 Å². The van der Waals surface area contributed by atoms with Crippen molar-refractivity contribution >= 4 is 16.9 Å². The fourth-order valence-electron chi connectivity index (χ4n) is 1.71. The van der Waals surface area contributed by atoms with Gasteiger partial charge in [-0.15, -0.1) is 0 Å². The smallest absolute Gasteiger partial charge is 0.356 e. The molecule has 0 aliphatic heterocycles. The highest BCUT2D eigenvalue weighted by molar-refractivity contribution is 5.88. The van der Waals surface area contributed by atoms with Crippen LogP contribution in [-0.4, -0.2) is 26.4 Å². The number of nitrogens with one attached hydrogen (secondary N) is 1. The first-order valence-corrected chi connectivity index (χ1v) is 5.15. The van der Waals surface area contributed by atoms with E-state index in [1.165, 1.54) is 12.1 Å². The van der Waals surface area contributed by atoms with Crippen LogP contribution in [-0.2, 0) is 0 Å². The van der Waals surface area contributed by atoms with E-state index >= 15 is 0 Å². The van der Waals surface area contributed by atoms with Gasteiger partial charge in [0.05, 0.1) is 0 Å². The van der Waals surface area contributed by atoms with Crippen LogP contribution >= 0.6 is 0 Å². The molecule has 2 aromatic heterocycles. The molecule has 90 valence electrons. The summed E-state index contributed by atoms with van der Waals surface area (Å²) in [6.45, 7) is 0. The van der Waals surface area contributed by atoms with Crippen LogP contribution in [0.1, 0.15) is 10.5 Å². The van der Waals surface area contributed by atoms with Crippen molar-refractivity contribution < 1.29 is 19.4 Å². The van der Waals surface area contributed by atoms with Gasteiger partial charge < -0.3 is 14.6 Å².